The topological polar surface area (TPSA) is 59.1 Å². The third kappa shape index (κ3) is 3.91. The first kappa shape index (κ1) is 14.8. The zero-order valence-corrected chi connectivity index (χ0v) is 12.0. The summed E-state index contributed by atoms with van der Waals surface area (Å²) in [6.07, 6.45) is 1.60. The van der Waals surface area contributed by atoms with Crippen LogP contribution in [0.3, 0.4) is 0 Å². The van der Waals surface area contributed by atoms with E-state index >= 15 is 0 Å². The lowest BCUT2D eigenvalue weighted by atomic mass is 9.88. The van der Waals surface area contributed by atoms with Gasteiger partial charge in [0.25, 0.3) is 0 Å². The third-order valence-electron chi connectivity index (χ3n) is 3.12. The van der Waals surface area contributed by atoms with Gasteiger partial charge in [0.15, 0.2) is 0 Å². The van der Waals surface area contributed by atoms with Gasteiger partial charge in [-0.05, 0) is 36.6 Å². The van der Waals surface area contributed by atoms with Crippen molar-refractivity contribution in [3.05, 3.63) is 28.8 Å². The van der Waals surface area contributed by atoms with Gasteiger partial charge in [-0.3, -0.25) is 5.41 Å². The molecule has 0 saturated carbocycles. The predicted molar refractivity (Wildman–Crippen MR) is 76.6 cm³/mol. The largest absolute Gasteiger partial charge is 0.494 e. The van der Waals surface area contributed by atoms with Gasteiger partial charge in [0.1, 0.15) is 5.75 Å². The van der Waals surface area contributed by atoms with Crippen LogP contribution >= 0.6 is 11.6 Å². The Morgan fingerprint density at radius 2 is 2.11 bits per heavy atom. The number of benzene rings is 1. The number of rotatable bonds is 6. The number of hydrogen-bond donors (Lipinski definition) is 2. The zero-order chi connectivity index (χ0) is 13.8. The van der Waals surface area contributed by atoms with E-state index in [1.54, 1.807) is 0 Å². The molecule has 3 N–H and O–H groups in total. The minimum atomic E-state index is -0.319. The van der Waals surface area contributed by atoms with E-state index in [0.717, 1.165) is 22.8 Å². The summed E-state index contributed by atoms with van der Waals surface area (Å²) in [5.41, 5.74) is 6.29. The first-order valence-electron chi connectivity index (χ1n) is 6.12. The molecular formula is C14H21ClN2O. The molecule has 0 aliphatic heterocycles. The molecule has 0 amide bonds. The van der Waals surface area contributed by atoms with Crippen molar-refractivity contribution in [1.82, 2.24) is 0 Å². The molecule has 4 heteroatoms. The normalized spacial score (nSPS) is 11.3. The van der Waals surface area contributed by atoms with Crippen molar-refractivity contribution >= 4 is 17.4 Å². The number of halogens is 1. The number of ether oxygens (including phenoxy) is 1. The van der Waals surface area contributed by atoms with E-state index in [9.17, 15) is 0 Å². The number of hydrogen-bond acceptors (Lipinski definition) is 2. The first-order chi connectivity index (χ1) is 8.36. The fourth-order valence-corrected chi connectivity index (χ4v) is 1.72. The third-order valence-corrected chi connectivity index (χ3v) is 3.49. The highest BCUT2D eigenvalue weighted by Crippen LogP contribution is 2.24. The Balaban J connectivity index is 2.57. The molecule has 0 aliphatic rings. The highest BCUT2D eigenvalue weighted by atomic mass is 35.5. The van der Waals surface area contributed by atoms with Crippen LogP contribution in [-0.2, 0) is 6.42 Å². The van der Waals surface area contributed by atoms with E-state index in [-0.39, 0.29) is 11.3 Å². The van der Waals surface area contributed by atoms with Crippen LogP contribution in [-0.4, -0.2) is 12.4 Å². The van der Waals surface area contributed by atoms with Gasteiger partial charge < -0.3 is 10.5 Å². The summed E-state index contributed by atoms with van der Waals surface area (Å²) < 4.78 is 5.68. The lowest BCUT2D eigenvalue weighted by Crippen LogP contribution is -2.32. The molecule has 0 unspecified atom stereocenters. The fourth-order valence-electron chi connectivity index (χ4n) is 1.47. The van der Waals surface area contributed by atoms with Gasteiger partial charge >= 0.3 is 0 Å². The molecule has 0 aliphatic carbocycles. The van der Waals surface area contributed by atoms with E-state index in [4.69, 9.17) is 27.5 Å². The Bertz CT molecular complexity index is 430. The summed E-state index contributed by atoms with van der Waals surface area (Å²) in [7, 11) is 0. The van der Waals surface area contributed by atoms with Crippen LogP contribution in [0.15, 0.2) is 18.2 Å². The molecule has 0 spiro atoms. The second-order valence-corrected chi connectivity index (χ2v) is 5.41. The monoisotopic (exact) mass is 268 g/mol. The van der Waals surface area contributed by atoms with Gasteiger partial charge in [-0.1, -0.05) is 32.4 Å². The molecule has 18 heavy (non-hydrogen) atoms. The second-order valence-electron chi connectivity index (χ2n) is 5.00. The van der Waals surface area contributed by atoms with Gasteiger partial charge in [-0.15, -0.1) is 0 Å². The molecule has 0 heterocycles. The number of aryl methyl sites for hydroxylation is 1. The zero-order valence-electron chi connectivity index (χ0n) is 11.2. The van der Waals surface area contributed by atoms with Crippen molar-refractivity contribution in [2.45, 2.75) is 33.6 Å². The number of amidine groups is 1. The molecule has 100 valence electrons. The molecule has 0 radical (unpaired) electrons. The smallest absolute Gasteiger partial charge is 0.119 e. The maximum Gasteiger partial charge on any atom is 0.119 e. The Labute approximate surface area is 114 Å². The van der Waals surface area contributed by atoms with Crippen molar-refractivity contribution in [1.29, 1.82) is 5.41 Å². The van der Waals surface area contributed by atoms with Crippen molar-refractivity contribution in [3.63, 3.8) is 0 Å². The molecule has 0 atom stereocenters. The average molecular weight is 269 g/mol. The molecule has 1 aromatic rings. The van der Waals surface area contributed by atoms with Crippen LogP contribution < -0.4 is 10.5 Å². The SMILES string of the molecule is CCc1cc(OCCC(C)(C)C(=N)N)ccc1Cl. The average Bonchev–Trinajstić information content (AvgIpc) is 2.31. The number of nitrogens with two attached hydrogens (primary N) is 1. The molecule has 0 fully saturated rings. The summed E-state index contributed by atoms with van der Waals surface area (Å²) >= 11 is 6.04. The summed E-state index contributed by atoms with van der Waals surface area (Å²) in [6.45, 7) is 6.48. The summed E-state index contributed by atoms with van der Waals surface area (Å²) in [5.74, 6) is 1.01. The number of nitrogens with one attached hydrogen (secondary N) is 1. The van der Waals surface area contributed by atoms with E-state index in [2.05, 4.69) is 6.92 Å². The van der Waals surface area contributed by atoms with Gasteiger partial charge in [-0.25, -0.2) is 0 Å². The lowest BCUT2D eigenvalue weighted by molar-refractivity contribution is 0.268. The van der Waals surface area contributed by atoms with Crippen molar-refractivity contribution in [3.8, 4) is 5.75 Å². The minimum Gasteiger partial charge on any atom is -0.494 e. The van der Waals surface area contributed by atoms with Crippen molar-refractivity contribution in [2.75, 3.05) is 6.61 Å². The van der Waals surface area contributed by atoms with Gasteiger partial charge in [0, 0.05) is 10.4 Å². The Morgan fingerprint density at radius 3 is 2.67 bits per heavy atom. The van der Waals surface area contributed by atoms with Crippen LogP contribution in [0.25, 0.3) is 0 Å². The van der Waals surface area contributed by atoms with Crippen LogP contribution in [0.2, 0.25) is 5.02 Å². The first-order valence-corrected chi connectivity index (χ1v) is 6.50. The van der Waals surface area contributed by atoms with Crippen molar-refractivity contribution in [2.24, 2.45) is 11.1 Å². The standard InChI is InChI=1S/C14H21ClN2O/c1-4-10-9-11(5-6-12(10)15)18-8-7-14(2,3)13(16)17/h5-6,9H,4,7-8H2,1-3H3,(H3,16,17). The van der Waals surface area contributed by atoms with E-state index in [0.29, 0.717) is 13.0 Å². The summed E-state index contributed by atoms with van der Waals surface area (Å²) in [6, 6.07) is 5.68. The second kappa shape index (κ2) is 6.10. The van der Waals surface area contributed by atoms with E-state index in [1.807, 2.05) is 32.0 Å². The fraction of sp³-hybridized carbons (Fsp3) is 0.500. The van der Waals surface area contributed by atoms with Crippen molar-refractivity contribution < 1.29 is 4.74 Å². The van der Waals surface area contributed by atoms with Crippen LogP contribution in [0, 0.1) is 10.8 Å². The highest BCUT2D eigenvalue weighted by molar-refractivity contribution is 6.31. The maximum absolute atomic E-state index is 7.48. The van der Waals surface area contributed by atoms with Crippen LogP contribution in [0.4, 0.5) is 0 Å². The Kier molecular flexibility index (Phi) is 5.03. The quantitative estimate of drug-likeness (QED) is 0.611. The maximum atomic E-state index is 7.48. The molecule has 0 bridgehead atoms. The molecule has 1 rings (SSSR count). The predicted octanol–water partition coefficient (Wildman–Crippen LogP) is 3.63. The molecular weight excluding hydrogens is 248 g/mol. The van der Waals surface area contributed by atoms with Crippen LogP contribution in [0.1, 0.15) is 32.8 Å². The Morgan fingerprint density at radius 1 is 1.44 bits per heavy atom. The summed E-state index contributed by atoms with van der Waals surface area (Å²) in [5, 5.41) is 8.25. The molecule has 3 nitrogen and oxygen atoms in total. The molecule has 0 saturated heterocycles. The lowest BCUT2D eigenvalue weighted by Gasteiger charge is -2.22. The Hall–Kier alpha value is -1.22. The summed E-state index contributed by atoms with van der Waals surface area (Å²) in [4.78, 5) is 0. The van der Waals surface area contributed by atoms with Gasteiger partial charge in [0.05, 0.1) is 12.4 Å². The van der Waals surface area contributed by atoms with Gasteiger partial charge in [0.2, 0.25) is 0 Å². The van der Waals surface area contributed by atoms with Crippen LogP contribution in [0.5, 0.6) is 5.75 Å². The van der Waals surface area contributed by atoms with E-state index < -0.39 is 0 Å². The molecule has 1 aromatic carbocycles. The molecule has 0 aromatic heterocycles. The van der Waals surface area contributed by atoms with Gasteiger partial charge in [-0.2, -0.15) is 0 Å². The minimum absolute atomic E-state index is 0.191. The van der Waals surface area contributed by atoms with E-state index in [1.165, 1.54) is 0 Å². The highest BCUT2D eigenvalue weighted by Gasteiger charge is 2.21.